The maximum atomic E-state index is 11.6. The molecule has 1 saturated carbocycles. The van der Waals surface area contributed by atoms with Crippen LogP contribution in [0.2, 0.25) is 0 Å². The summed E-state index contributed by atoms with van der Waals surface area (Å²) in [7, 11) is 0. The summed E-state index contributed by atoms with van der Waals surface area (Å²) in [6.45, 7) is 4.98. The normalized spacial score (nSPS) is 27.3. The van der Waals surface area contributed by atoms with E-state index in [9.17, 15) is 4.79 Å². The van der Waals surface area contributed by atoms with Crippen LogP contribution in [0.4, 0.5) is 0 Å². The summed E-state index contributed by atoms with van der Waals surface area (Å²) in [6, 6.07) is 0. The number of ether oxygens (including phenoxy) is 1. The zero-order chi connectivity index (χ0) is 10.4. The second kappa shape index (κ2) is 6.05. The Morgan fingerprint density at radius 3 is 2.50 bits per heavy atom. The van der Waals surface area contributed by atoms with E-state index in [4.69, 9.17) is 4.74 Å². The zero-order valence-electron chi connectivity index (χ0n) is 9.42. The van der Waals surface area contributed by atoms with E-state index in [2.05, 4.69) is 13.8 Å². The van der Waals surface area contributed by atoms with Crippen LogP contribution in [0.25, 0.3) is 0 Å². The van der Waals surface area contributed by atoms with Crippen molar-refractivity contribution >= 4 is 5.97 Å². The van der Waals surface area contributed by atoms with Gasteiger partial charge in [0.1, 0.15) is 0 Å². The fourth-order valence-corrected chi connectivity index (χ4v) is 1.93. The largest absolute Gasteiger partial charge is 0.465 e. The van der Waals surface area contributed by atoms with Crippen molar-refractivity contribution in [2.75, 3.05) is 6.61 Å². The summed E-state index contributed by atoms with van der Waals surface area (Å²) in [4.78, 5) is 11.6. The quantitative estimate of drug-likeness (QED) is 0.512. The van der Waals surface area contributed by atoms with E-state index in [0.717, 1.165) is 31.6 Å². The lowest BCUT2D eigenvalue weighted by molar-refractivity contribution is -0.150. The van der Waals surface area contributed by atoms with E-state index < -0.39 is 0 Å². The summed E-state index contributed by atoms with van der Waals surface area (Å²) in [5.74, 6) is 1.04. The second-order valence-corrected chi connectivity index (χ2v) is 4.48. The molecule has 0 aliphatic heterocycles. The molecule has 14 heavy (non-hydrogen) atoms. The molecule has 0 heterocycles. The summed E-state index contributed by atoms with van der Waals surface area (Å²) in [5.41, 5.74) is 0. The molecule has 0 amide bonds. The van der Waals surface area contributed by atoms with Crippen LogP contribution in [0.15, 0.2) is 0 Å². The molecule has 1 aliphatic rings. The minimum atomic E-state index is 0.0466. The molecule has 1 fully saturated rings. The third kappa shape index (κ3) is 3.69. The number of hydrogen-bond donors (Lipinski definition) is 0. The van der Waals surface area contributed by atoms with Gasteiger partial charge in [-0.25, -0.2) is 0 Å². The number of rotatable bonds is 4. The number of esters is 1. The monoisotopic (exact) mass is 198 g/mol. The van der Waals surface area contributed by atoms with Crippen molar-refractivity contribution in [2.45, 2.75) is 52.4 Å². The van der Waals surface area contributed by atoms with Gasteiger partial charge >= 0.3 is 5.97 Å². The fraction of sp³-hybridized carbons (Fsp3) is 0.917. The minimum Gasteiger partial charge on any atom is -0.465 e. The molecule has 0 bridgehead atoms. The van der Waals surface area contributed by atoms with E-state index in [1.807, 2.05) is 0 Å². The summed E-state index contributed by atoms with van der Waals surface area (Å²) in [6.07, 6.45) is 6.53. The number of carbonyl (C=O) groups is 1. The Hall–Kier alpha value is -0.530. The predicted octanol–water partition coefficient (Wildman–Crippen LogP) is 3.16. The van der Waals surface area contributed by atoms with Crippen molar-refractivity contribution in [1.29, 1.82) is 0 Å². The number of unbranched alkanes of at least 4 members (excludes halogenated alkanes) is 1. The van der Waals surface area contributed by atoms with Crippen molar-refractivity contribution < 1.29 is 9.53 Å². The van der Waals surface area contributed by atoms with Crippen molar-refractivity contribution in [2.24, 2.45) is 11.8 Å². The smallest absolute Gasteiger partial charge is 0.308 e. The highest BCUT2D eigenvalue weighted by atomic mass is 16.5. The Bertz CT molecular complexity index is 169. The third-order valence-corrected chi connectivity index (χ3v) is 3.09. The third-order valence-electron chi connectivity index (χ3n) is 3.09. The predicted molar refractivity (Wildman–Crippen MR) is 57.0 cm³/mol. The lowest BCUT2D eigenvalue weighted by Crippen LogP contribution is -2.23. The molecule has 0 aromatic carbocycles. The lowest BCUT2D eigenvalue weighted by atomic mass is 9.83. The molecule has 0 unspecified atom stereocenters. The average molecular weight is 198 g/mol. The highest BCUT2D eigenvalue weighted by molar-refractivity contribution is 5.72. The highest BCUT2D eigenvalue weighted by Crippen LogP contribution is 2.28. The van der Waals surface area contributed by atoms with E-state index >= 15 is 0 Å². The SMILES string of the molecule is CCCCOC(=O)C1CCC(C)CC1. The molecule has 0 saturated heterocycles. The molecule has 0 aromatic heterocycles. The first-order chi connectivity index (χ1) is 6.74. The van der Waals surface area contributed by atoms with Crippen molar-refractivity contribution in [3.63, 3.8) is 0 Å². The van der Waals surface area contributed by atoms with Gasteiger partial charge in [-0.3, -0.25) is 4.79 Å². The average Bonchev–Trinajstić information content (AvgIpc) is 2.19. The van der Waals surface area contributed by atoms with Crippen LogP contribution in [-0.2, 0) is 9.53 Å². The molecule has 0 aromatic rings. The summed E-state index contributed by atoms with van der Waals surface area (Å²) in [5, 5.41) is 0. The van der Waals surface area contributed by atoms with Gasteiger partial charge in [0.05, 0.1) is 12.5 Å². The van der Waals surface area contributed by atoms with Gasteiger partial charge in [0.25, 0.3) is 0 Å². The Morgan fingerprint density at radius 1 is 1.29 bits per heavy atom. The van der Waals surface area contributed by atoms with Gasteiger partial charge in [0, 0.05) is 0 Å². The van der Waals surface area contributed by atoms with Gasteiger partial charge < -0.3 is 4.74 Å². The second-order valence-electron chi connectivity index (χ2n) is 4.48. The maximum Gasteiger partial charge on any atom is 0.308 e. The van der Waals surface area contributed by atoms with Gasteiger partial charge in [-0.1, -0.05) is 20.3 Å². The molecule has 1 rings (SSSR count). The van der Waals surface area contributed by atoms with Gasteiger partial charge in [0.2, 0.25) is 0 Å². The topological polar surface area (TPSA) is 26.3 Å². The molecule has 2 nitrogen and oxygen atoms in total. The molecule has 1 aliphatic carbocycles. The first-order valence-corrected chi connectivity index (χ1v) is 5.90. The summed E-state index contributed by atoms with van der Waals surface area (Å²) >= 11 is 0. The van der Waals surface area contributed by atoms with Gasteiger partial charge in [0.15, 0.2) is 0 Å². The Balaban J connectivity index is 2.17. The maximum absolute atomic E-state index is 11.6. The molecule has 0 N–H and O–H groups in total. The Labute approximate surface area is 87.0 Å². The van der Waals surface area contributed by atoms with Crippen LogP contribution in [0.5, 0.6) is 0 Å². The van der Waals surface area contributed by atoms with Crippen molar-refractivity contribution in [3.05, 3.63) is 0 Å². The van der Waals surface area contributed by atoms with Crippen LogP contribution in [0, 0.1) is 11.8 Å². The Kier molecular flexibility index (Phi) is 4.99. The standard InChI is InChI=1S/C12H22O2/c1-3-4-9-14-12(13)11-7-5-10(2)6-8-11/h10-11H,3-9H2,1-2H3. The van der Waals surface area contributed by atoms with Gasteiger partial charge in [-0.15, -0.1) is 0 Å². The highest BCUT2D eigenvalue weighted by Gasteiger charge is 2.25. The summed E-state index contributed by atoms with van der Waals surface area (Å²) < 4.78 is 5.22. The minimum absolute atomic E-state index is 0.0466. The molecule has 0 radical (unpaired) electrons. The van der Waals surface area contributed by atoms with Crippen molar-refractivity contribution in [1.82, 2.24) is 0 Å². The zero-order valence-corrected chi connectivity index (χ0v) is 9.42. The first kappa shape index (κ1) is 11.5. The Morgan fingerprint density at radius 2 is 1.93 bits per heavy atom. The first-order valence-electron chi connectivity index (χ1n) is 5.90. The lowest BCUT2D eigenvalue weighted by Gasteiger charge is -2.24. The molecular weight excluding hydrogens is 176 g/mol. The van der Waals surface area contributed by atoms with Crippen molar-refractivity contribution in [3.8, 4) is 0 Å². The number of carbonyl (C=O) groups excluding carboxylic acids is 1. The van der Waals surface area contributed by atoms with Crippen LogP contribution < -0.4 is 0 Å². The van der Waals surface area contributed by atoms with Gasteiger partial charge in [-0.2, -0.15) is 0 Å². The molecule has 82 valence electrons. The fourth-order valence-electron chi connectivity index (χ4n) is 1.93. The van der Waals surface area contributed by atoms with Crippen LogP contribution >= 0.6 is 0 Å². The van der Waals surface area contributed by atoms with E-state index in [-0.39, 0.29) is 11.9 Å². The van der Waals surface area contributed by atoms with E-state index in [1.165, 1.54) is 12.8 Å². The van der Waals surface area contributed by atoms with E-state index in [1.54, 1.807) is 0 Å². The van der Waals surface area contributed by atoms with Crippen LogP contribution in [-0.4, -0.2) is 12.6 Å². The molecule has 2 heteroatoms. The molecular formula is C12H22O2. The van der Waals surface area contributed by atoms with Crippen LogP contribution in [0.1, 0.15) is 52.4 Å². The molecule has 0 spiro atoms. The number of hydrogen-bond acceptors (Lipinski definition) is 2. The van der Waals surface area contributed by atoms with Gasteiger partial charge in [-0.05, 0) is 38.0 Å². The van der Waals surface area contributed by atoms with Crippen LogP contribution in [0.3, 0.4) is 0 Å². The van der Waals surface area contributed by atoms with E-state index in [0.29, 0.717) is 6.61 Å². The molecule has 0 atom stereocenters.